The average Bonchev–Trinajstić information content (AvgIpc) is 1.86. The van der Waals surface area contributed by atoms with Gasteiger partial charge >= 0.3 is 0 Å². The van der Waals surface area contributed by atoms with Crippen molar-refractivity contribution < 1.29 is 0 Å². The van der Waals surface area contributed by atoms with Gasteiger partial charge in [-0.1, -0.05) is 6.20 Å². The van der Waals surface area contributed by atoms with Crippen LogP contribution in [-0.2, 0) is 0 Å². The molecular weight excluding hydrogens is 76.1 g/mol. The Morgan fingerprint density at radius 1 is 1.67 bits per heavy atom. The minimum Gasteiger partial charge on any atom is -0.477 e. The van der Waals surface area contributed by atoms with Crippen molar-refractivity contribution in [2.45, 2.75) is 0 Å². The van der Waals surface area contributed by atoms with Gasteiger partial charge in [-0.2, -0.15) is 0 Å². The summed E-state index contributed by atoms with van der Waals surface area (Å²) in [7, 11) is 3.53. The van der Waals surface area contributed by atoms with E-state index in [1.807, 2.05) is 0 Å². The third-order valence-corrected chi connectivity index (χ3v) is 0.559. The predicted octanol–water partition coefficient (Wildman–Crippen LogP) is 0.523. The fourth-order valence-corrected chi connectivity index (χ4v) is 0.287. The minimum absolute atomic E-state index is 1.64. The lowest BCUT2D eigenvalue weighted by atomic mass is 10.9. The van der Waals surface area contributed by atoms with E-state index in [0.29, 0.717) is 0 Å². The van der Waals surface area contributed by atoms with Crippen molar-refractivity contribution >= 4 is 0 Å². The monoisotopic (exact) mass is 81.0 g/mol. The minimum atomic E-state index is 1.64. The van der Waals surface area contributed by atoms with Crippen LogP contribution in [0.25, 0.3) is 0 Å². The van der Waals surface area contributed by atoms with E-state index < -0.39 is 0 Å². The highest BCUT2D eigenvalue weighted by Crippen LogP contribution is 1.75. The Labute approximate surface area is 36.4 Å². The Bertz CT molecular complexity index is 109. The third-order valence-electron chi connectivity index (χ3n) is 0.559. The van der Waals surface area contributed by atoms with Crippen LogP contribution >= 0.6 is 0 Å². The van der Waals surface area contributed by atoms with E-state index in [0.717, 1.165) is 0 Å². The summed E-state index contributed by atoms with van der Waals surface area (Å²) in [5, 5.41) is 0. The van der Waals surface area contributed by atoms with Gasteiger partial charge < -0.3 is 9.55 Å². The van der Waals surface area contributed by atoms with Crippen LogP contribution in [0, 0.1) is 7.05 Å². The molecule has 0 amide bonds. The Morgan fingerprint density at radius 2 is 2.50 bits per heavy atom. The molecule has 0 aliphatic rings. The highest BCUT2D eigenvalue weighted by atomic mass is 15.0. The Kier molecular flexibility index (Phi) is 0.572. The van der Waals surface area contributed by atoms with E-state index in [1.54, 1.807) is 23.3 Å². The van der Waals surface area contributed by atoms with Gasteiger partial charge in [0.05, 0.1) is 0 Å². The molecule has 0 spiro atoms. The zero-order valence-electron chi connectivity index (χ0n) is 3.33. The molecular formula is C4H5N2-. The lowest BCUT2D eigenvalue weighted by Gasteiger charge is -1.89. The summed E-state index contributed by atoms with van der Waals surface area (Å²) in [6.45, 7) is 0. The van der Waals surface area contributed by atoms with Crippen LogP contribution in [0.3, 0.4) is 0 Å². The molecule has 0 bridgehead atoms. The van der Waals surface area contributed by atoms with E-state index in [9.17, 15) is 0 Å². The summed E-state index contributed by atoms with van der Waals surface area (Å²) in [6, 6.07) is 0. The van der Waals surface area contributed by atoms with Crippen molar-refractivity contribution in [1.82, 2.24) is 9.55 Å². The molecule has 0 unspecified atom stereocenters. The summed E-state index contributed by atoms with van der Waals surface area (Å²) in [6.07, 6.45) is 5.10. The molecule has 1 heterocycles. The Hall–Kier alpha value is -0.920. The van der Waals surface area contributed by atoms with E-state index >= 15 is 0 Å². The predicted molar refractivity (Wildman–Crippen MR) is 23.0 cm³/mol. The maximum absolute atomic E-state index is 3.72. The van der Waals surface area contributed by atoms with Crippen molar-refractivity contribution in [3.63, 3.8) is 0 Å². The van der Waals surface area contributed by atoms with Gasteiger partial charge in [-0.25, -0.2) is 0 Å². The van der Waals surface area contributed by atoms with Crippen LogP contribution in [0.15, 0.2) is 18.7 Å². The first-order chi connectivity index (χ1) is 2.89. The summed E-state index contributed by atoms with van der Waals surface area (Å²) >= 11 is 0. The lowest BCUT2D eigenvalue weighted by molar-refractivity contribution is 1.06. The molecule has 0 radical (unpaired) electrons. The van der Waals surface area contributed by atoms with Gasteiger partial charge in [0.15, 0.2) is 0 Å². The number of rotatable bonds is 0. The largest absolute Gasteiger partial charge is 0.477 e. The van der Waals surface area contributed by atoms with E-state index in [1.165, 1.54) is 0 Å². The third kappa shape index (κ3) is 0.360. The molecule has 0 aromatic carbocycles. The first-order valence-electron chi connectivity index (χ1n) is 1.68. The lowest BCUT2D eigenvalue weighted by Crippen LogP contribution is -1.72. The van der Waals surface area contributed by atoms with Gasteiger partial charge in [0.2, 0.25) is 0 Å². The van der Waals surface area contributed by atoms with Gasteiger partial charge in [0.25, 0.3) is 0 Å². The standard InChI is InChI=1S/C4H5N2/c1-6-3-2-5-4-6/h2-4H,1H2/q-1. The molecule has 1 aromatic heterocycles. The SMILES string of the molecule is [CH2-]n1ccnc1. The number of nitrogens with zero attached hydrogens (tertiary/aromatic N) is 2. The van der Waals surface area contributed by atoms with Crippen LogP contribution in [0.2, 0.25) is 0 Å². The second kappa shape index (κ2) is 1.05. The van der Waals surface area contributed by atoms with Crippen molar-refractivity contribution in [3.05, 3.63) is 25.8 Å². The van der Waals surface area contributed by atoms with Crippen LogP contribution in [-0.4, -0.2) is 9.55 Å². The quantitative estimate of drug-likeness (QED) is 0.416. The van der Waals surface area contributed by atoms with Crippen molar-refractivity contribution in [3.8, 4) is 0 Å². The number of hydrogen-bond acceptors (Lipinski definition) is 1. The van der Waals surface area contributed by atoms with Gasteiger partial charge in [-0.05, 0) is 12.5 Å². The highest BCUT2D eigenvalue weighted by molar-refractivity contribution is 4.74. The zero-order chi connectivity index (χ0) is 4.41. The molecule has 6 heavy (non-hydrogen) atoms. The molecule has 2 nitrogen and oxygen atoms in total. The number of aromatic nitrogens is 2. The smallest absolute Gasteiger partial charge is 0.0117 e. The number of hydrogen-bond donors (Lipinski definition) is 0. The molecule has 2 heteroatoms. The molecule has 0 fully saturated rings. The number of imidazole rings is 1. The second-order valence-corrected chi connectivity index (χ2v) is 1.08. The molecule has 0 saturated carbocycles. The van der Waals surface area contributed by atoms with E-state index in [2.05, 4.69) is 12.0 Å². The molecule has 1 rings (SSSR count). The fraction of sp³-hybridized carbons (Fsp3) is 0. The molecule has 0 N–H and O–H groups in total. The maximum Gasteiger partial charge on any atom is -0.0117 e. The van der Waals surface area contributed by atoms with Gasteiger partial charge in [0.1, 0.15) is 0 Å². The first kappa shape index (κ1) is 3.28. The summed E-state index contributed by atoms with van der Waals surface area (Å²) in [5.74, 6) is 0. The van der Waals surface area contributed by atoms with Crippen molar-refractivity contribution in [2.75, 3.05) is 0 Å². The summed E-state index contributed by atoms with van der Waals surface area (Å²) < 4.78 is 1.64. The van der Waals surface area contributed by atoms with Crippen LogP contribution < -0.4 is 0 Å². The summed E-state index contributed by atoms with van der Waals surface area (Å²) in [5.41, 5.74) is 0. The fourth-order valence-electron chi connectivity index (χ4n) is 0.287. The highest BCUT2D eigenvalue weighted by Gasteiger charge is 1.58. The van der Waals surface area contributed by atoms with Gasteiger partial charge in [-0.3, -0.25) is 0 Å². The van der Waals surface area contributed by atoms with Gasteiger partial charge in [0, 0.05) is 0 Å². The van der Waals surface area contributed by atoms with E-state index in [4.69, 9.17) is 0 Å². The Balaban J connectivity index is 3.05. The van der Waals surface area contributed by atoms with Crippen LogP contribution in [0.1, 0.15) is 0 Å². The topological polar surface area (TPSA) is 17.8 Å². The summed E-state index contributed by atoms with van der Waals surface area (Å²) in [4.78, 5) is 3.72. The molecule has 32 valence electrons. The first-order valence-corrected chi connectivity index (χ1v) is 1.68. The van der Waals surface area contributed by atoms with Crippen LogP contribution in [0.5, 0.6) is 0 Å². The Morgan fingerprint density at radius 3 is 2.67 bits per heavy atom. The maximum atomic E-state index is 3.72. The van der Waals surface area contributed by atoms with Crippen molar-refractivity contribution in [1.29, 1.82) is 0 Å². The van der Waals surface area contributed by atoms with Crippen LogP contribution in [0.4, 0.5) is 0 Å². The van der Waals surface area contributed by atoms with E-state index in [-0.39, 0.29) is 0 Å². The molecule has 0 saturated heterocycles. The molecule has 1 aromatic rings. The average molecular weight is 81.1 g/mol. The molecule has 0 atom stereocenters. The van der Waals surface area contributed by atoms with Crippen molar-refractivity contribution in [2.24, 2.45) is 0 Å². The normalized spacial score (nSPS) is 8.67. The second-order valence-electron chi connectivity index (χ2n) is 1.08. The van der Waals surface area contributed by atoms with Gasteiger partial charge in [-0.15, -0.1) is 7.05 Å². The zero-order valence-corrected chi connectivity index (χ0v) is 3.33. The molecule has 0 aliphatic heterocycles. The molecule has 0 aliphatic carbocycles.